The van der Waals surface area contributed by atoms with Crippen LogP contribution in [0.3, 0.4) is 0 Å². The quantitative estimate of drug-likeness (QED) is 0.660. The van der Waals surface area contributed by atoms with Crippen molar-refractivity contribution in [2.45, 2.75) is 26.4 Å². The third-order valence-corrected chi connectivity index (χ3v) is 1.96. The lowest BCUT2D eigenvalue weighted by Gasteiger charge is -2.20. The summed E-state index contributed by atoms with van der Waals surface area (Å²) in [6.07, 6.45) is 0. The van der Waals surface area contributed by atoms with Gasteiger partial charge in [-0.25, -0.2) is 0 Å². The summed E-state index contributed by atoms with van der Waals surface area (Å²) in [6, 6.07) is 10.9. The summed E-state index contributed by atoms with van der Waals surface area (Å²) in [5.74, 6) is 0. The Bertz CT molecular complexity index is 216. The van der Waals surface area contributed by atoms with Gasteiger partial charge in [-0.05, 0) is 19.4 Å². The second-order valence-corrected chi connectivity index (χ2v) is 3.33. The first-order chi connectivity index (χ1) is 5.70. The summed E-state index contributed by atoms with van der Waals surface area (Å²) in [5, 5.41) is 0. The van der Waals surface area contributed by atoms with Gasteiger partial charge in [-0.2, -0.15) is 0 Å². The molecule has 0 aliphatic rings. The molecule has 0 saturated heterocycles. The van der Waals surface area contributed by atoms with E-state index in [1.807, 2.05) is 6.07 Å². The summed E-state index contributed by atoms with van der Waals surface area (Å²) in [6.45, 7) is 5.23. The largest absolute Gasteiger partial charge is 0.295 e. The number of rotatable bonds is 3. The molecule has 0 saturated carbocycles. The van der Waals surface area contributed by atoms with Gasteiger partial charge in [-0.15, -0.1) is 0 Å². The van der Waals surface area contributed by atoms with Crippen molar-refractivity contribution in [3.63, 3.8) is 0 Å². The van der Waals surface area contributed by atoms with Crippen LogP contribution in [0.5, 0.6) is 0 Å². The van der Waals surface area contributed by atoms with Crippen molar-refractivity contribution >= 4 is 0 Å². The molecule has 0 fully saturated rings. The molecule has 0 aliphatic heterocycles. The number of hydrogen-bond acceptors (Lipinski definition) is 1. The highest BCUT2D eigenvalue weighted by Gasteiger charge is 2.02. The Morgan fingerprint density at radius 2 is 1.83 bits per heavy atom. The molecule has 1 aromatic rings. The van der Waals surface area contributed by atoms with Crippen LogP contribution in [0.1, 0.15) is 19.4 Å². The monoisotopic (exact) mass is 162 g/mol. The fourth-order valence-electron chi connectivity index (χ4n) is 1.00. The third kappa shape index (κ3) is 2.67. The molecule has 0 amide bonds. The SMILES string of the molecule is [CH2]N(Cc1ccccc1)C(C)C. The van der Waals surface area contributed by atoms with Gasteiger partial charge in [0.05, 0.1) is 0 Å². The molecule has 0 atom stereocenters. The maximum atomic E-state index is 3.97. The van der Waals surface area contributed by atoms with E-state index < -0.39 is 0 Å². The Balaban J connectivity index is 2.53. The van der Waals surface area contributed by atoms with Crippen LogP contribution in [-0.4, -0.2) is 10.9 Å². The fourth-order valence-corrected chi connectivity index (χ4v) is 1.00. The Labute approximate surface area is 75.0 Å². The lowest BCUT2D eigenvalue weighted by molar-refractivity contribution is 0.298. The van der Waals surface area contributed by atoms with E-state index in [-0.39, 0.29) is 0 Å². The lowest BCUT2D eigenvalue weighted by Crippen LogP contribution is -2.23. The average Bonchev–Trinajstić information content (AvgIpc) is 2.06. The Hall–Kier alpha value is -0.820. The van der Waals surface area contributed by atoms with E-state index in [4.69, 9.17) is 0 Å². The molecule has 0 aromatic heterocycles. The summed E-state index contributed by atoms with van der Waals surface area (Å²) in [4.78, 5) is 2.08. The molecule has 1 heteroatoms. The summed E-state index contributed by atoms with van der Waals surface area (Å²) in [5.41, 5.74) is 1.32. The zero-order chi connectivity index (χ0) is 8.97. The van der Waals surface area contributed by atoms with Crippen LogP contribution in [0.2, 0.25) is 0 Å². The molecule has 0 bridgehead atoms. The van der Waals surface area contributed by atoms with Crippen molar-refractivity contribution < 1.29 is 0 Å². The van der Waals surface area contributed by atoms with Gasteiger partial charge in [0.1, 0.15) is 0 Å². The predicted molar refractivity (Wildman–Crippen MR) is 52.5 cm³/mol. The lowest BCUT2D eigenvalue weighted by atomic mass is 10.2. The minimum atomic E-state index is 0.505. The highest BCUT2D eigenvalue weighted by molar-refractivity contribution is 5.14. The van der Waals surface area contributed by atoms with Crippen molar-refractivity contribution in [3.8, 4) is 0 Å². The second-order valence-electron chi connectivity index (χ2n) is 3.33. The van der Waals surface area contributed by atoms with E-state index in [9.17, 15) is 0 Å². The minimum absolute atomic E-state index is 0.505. The van der Waals surface area contributed by atoms with Gasteiger partial charge in [0.2, 0.25) is 0 Å². The molecule has 0 aliphatic carbocycles. The van der Waals surface area contributed by atoms with Crippen LogP contribution >= 0.6 is 0 Å². The minimum Gasteiger partial charge on any atom is -0.295 e. The summed E-state index contributed by atoms with van der Waals surface area (Å²) >= 11 is 0. The maximum Gasteiger partial charge on any atom is 0.0236 e. The normalized spacial score (nSPS) is 11.1. The van der Waals surface area contributed by atoms with Crippen LogP contribution in [-0.2, 0) is 6.54 Å². The summed E-state index contributed by atoms with van der Waals surface area (Å²) in [7, 11) is 3.97. The number of hydrogen-bond donors (Lipinski definition) is 0. The first kappa shape index (κ1) is 9.27. The second kappa shape index (κ2) is 4.27. The molecule has 12 heavy (non-hydrogen) atoms. The smallest absolute Gasteiger partial charge is 0.0236 e. The third-order valence-electron chi connectivity index (χ3n) is 1.96. The first-order valence-electron chi connectivity index (χ1n) is 4.31. The van der Waals surface area contributed by atoms with Crippen molar-refractivity contribution in [3.05, 3.63) is 42.9 Å². The Kier molecular flexibility index (Phi) is 3.30. The topological polar surface area (TPSA) is 3.24 Å². The molecule has 0 unspecified atom stereocenters. The first-order valence-corrected chi connectivity index (χ1v) is 4.31. The molecule has 65 valence electrons. The van der Waals surface area contributed by atoms with E-state index >= 15 is 0 Å². The highest BCUT2D eigenvalue weighted by Crippen LogP contribution is 2.05. The van der Waals surface area contributed by atoms with Crippen molar-refractivity contribution in [2.75, 3.05) is 0 Å². The Morgan fingerprint density at radius 3 is 2.33 bits per heavy atom. The predicted octanol–water partition coefficient (Wildman–Crippen LogP) is 2.69. The summed E-state index contributed by atoms with van der Waals surface area (Å²) < 4.78 is 0. The van der Waals surface area contributed by atoms with Gasteiger partial charge in [-0.3, -0.25) is 4.90 Å². The van der Waals surface area contributed by atoms with Gasteiger partial charge in [0.25, 0.3) is 0 Å². The van der Waals surface area contributed by atoms with Crippen molar-refractivity contribution in [1.29, 1.82) is 0 Å². The Morgan fingerprint density at radius 1 is 1.25 bits per heavy atom. The van der Waals surface area contributed by atoms with Gasteiger partial charge in [0, 0.05) is 19.6 Å². The zero-order valence-corrected chi connectivity index (χ0v) is 7.83. The van der Waals surface area contributed by atoms with Crippen molar-refractivity contribution in [1.82, 2.24) is 4.90 Å². The highest BCUT2D eigenvalue weighted by atomic mass is 15.1. The number of benzene rings is 1. The van der Waals surface area contributed by atoms with Crippen LogP contribution in [0.15, 0.2) is 30.3 Å². The molecule has 0 heterocycles. The van der Waals surface area contributed by atoms with Gasteiger partial charge < -0.3 is 0 Å². The standard InChI is InChI=1S/C11H16N/c1-10(2)12(3)9-11-7-5-4-6-8-11/h4-8,10H,3,9H2,1-2H3. The molecular formula is C11H16N. The number of nitrogens with zero attached hydrogens (tertiary/aromatic N) is 1. The maximum absolute atomic E-state index is 3.97. The molecule has 1 aromatic carbocycles. The van der Waals surface area contributed by atoms with Gasteiger partial charge in [0.15, 0.2) is 0 Å². The van der Waals surface area contributed by atoms with Gasteiger partial charge in [-0.1, -0.05) is 30.3 Å². The van der Waals surface area contributed by atoms with E-state index in [0.29, 0.717) is 6.04 Å². The van der Waals surface area contributed by atoms with Crippen LogP contribution < -0.4 is 0 Å². The van der Waals surface area contributed by atoms with E-state index in [2.05, 4.69) is 50.1 Å². The van der Waals surface area contributed by atoms with Crippen LogP contribution in [0.4, 0.5) is 0 Å². The molecule has 1 radical (unpaired) electrons. The fraction of sp³-hybridized carbons (Fsp3) is 0.364. The molecule has 1 nitrogen and oxygen atoms in total. The van der Waals surface area contributed by atoms with Crippen LogP contribution in [0.25, 0.3) is 0 Å². The van der Waals surface area contributed by atoms with Crippen LogP contribution in [0, 0.1) is 7.05 Å². The molecule has 0 spiro atoms. The molecule has 0 N–H and O–H groups in total. The van der Waals surface area contributed by atoms with E-state index in [1.165, 1.54) is 5.56 Å². The van der Waals surface area contributed by atoms with E-state index in [0.717, 1.165) is 6.54 Å². The van der Waals surface area contributed by atoms with Crippen molar-refractivity contribution in [2.24, 2.45) is 0 Å². The average molecular weight is 162 g/mol. The molecular weight excluding hydrogens is 146 g/mol. The zero-order valence-electron chi connectivity index (χ0n) is 7.83. The van der Waals surface area contributed by atoms with Gasteiger partial charge >= 0.3 is 0 Å². The van der Waals surface area contributed by atoms with E-state index in [1.54, 1.807) is 0 Å². The molecule has 1 rings (SSSR count).